The molecule has 7 nitrogen and oxygen atoms in total. The SMILES string of the molecule is CC(CO)NC(=O)c1ccc2c(C(=O)NCc3ccc(F)cc3)c(C(C)C)n(Cc3ccccn3)c2c1. The van der Waals surface area contributed by atoms with Gasteiger partial charge in [0.05, 0.1) is 29.9 Å². The standard InChI is InChI=1S/C29H31FN4O3/c1-18(2)27-26(29(37)32-15-20-7-10-22(30)11-8-20)24-12-9-21(28(36)33-19(3)17-35)14-25(24)34(27)16-23-6-4-5-13-31-23/h4-14,18-19,35H,15-17H2,1-3H3,(H,32,37)(H,33,36). The van der Waals surface area contributed by atoms with Crippen LogP contribution in [0.5, 0.6) is 0 Å². The largest absolute Gasteiger partial charge is 0.394 e. The number of hydrogen-bond acceptors (Lipinski definition) is 4. The molecule has 0 spiro atoms. The molecule has 4 aromatic rings. The van der Waals surface area contributed by atoms with Crippen LogP contribution in [0.4, 0.5) is 4.39 Å². The number of aliphatic hydroxyl groups excluding tert-OH is 1. The highest BCUT2D eigenvalue weighted by atomic mass is 19.1. The van der Waals surface area contributed by atoms with Crippen LogP contribution in [-0.4, -0.2) is 39.1 Å². The van der Waals surface area contributed by atoms with Crippen molar-refractivity contribution in [1.29, 1.82) is 0 Å². The quantitative estimate of drug-likeness (QED) is 0.316. The monoisotopic (exact) mass is 502 g/mol. The van der Waals surface area contributed by atoms with Gasteiger partial charge in [-0.05, 0) is 54.8 Å². The molecule has 1 atom stereocenters. The van der Waals surface area contributed by atoms with Crippen LogP contribution in [0.2, 0.25) is 0 Å². The highest BCUT2D eigenvalue weighted by Crippen LogP contribution is 2.33. The molecule has 0 aliphatic rings. The van der Waals surface area contributed by atoms with Crippen molar-refractivity contribution >= 4 is 22.7 Å². The third-order valence-corrected chi connectivity index (χ3v) is 6.20. The first kappa shape index (κ1) is 26.0. The molecule has 2 aromatic carbocycles. The van der Waals surface area contributed by atoms with Crippen LogP contribution in [0.25, 0.3) is 10.9 Å². The van der Waals surface area contributed by atoms with Crippen molar-refractivity contribution in [1.82, 2.24) is 20.2 Å². The Labute approximate surface area is 215 Å². The summed E-state index contributed by atoms with van der Waals surface area (Å²) in [5, 5.41) is 15.8. The number of halogens is 1. The van der Waals surface area contributed by atoms with Crippen molar-refractivity contribution in [3.05, 3.63) is 101 Å². The van der Waals surface area contributed by atoms with Gasteiger partial charge in [-0.1, -0.05) is 38.1 Å². The lowest BCUT2D eigenvalue weighted by Crippen LogP contribution is -2.34. The Hall–Kier alpha value is -4.04. The van der Waals surface area contributed by atoms with Crippen molar-refractivity contribution in [3.8, 4) is 0 Å². The van der Waals surface area contributed by atoms with Crippen molar-refractivity contribution in [2.24, 2.45) is 0 Å². The fourth-order valence-corrected chi connectivity index (χ4v) is 4.40. The number of rotatable bonds is 9. The number of amides is 2. The maximum Gasteiger partial charge on any atom is 0.254 e. The van der Waals surface area contributed by atoms with E-state index in [0.717, 1.165) is 27.9 Å². The van der Waals surface area contributed by atoms with E-state index in [1.807, 2.05) is 36.6 Å². The molecule has 1 unspecified atom stereocenters. The van der Waals surface area contributed by atoms with E-state index in [0.29, 0.717) is 17.7 Å². The van der Waals surface area contributed by atoms with Gasteiger partial charge in [-0.2, -0.15) is 0 Å². The number of benzene rings is 2. The van der Waals surface area contributed by atoms with Crippen LogP contribution in [0.3, 0.4) is 0 Å². The lowest BCUT2D eigenvalue weighted by molar-refractivity contribution is 0.0920. The summed E-state index contributed by atoms with van der Waals surface area (Å²) in [7, 11) is 0. The fraction of sp³-hybridized carbons (Fsp3) is 0.276. The Kier molecular flexibility index (Phi) is 7.98. The van der Waals surface area contributed by atoms with Crippen molar-refractivity contribution < 1.29 is 19.1 Å². The summed E-state index contributed by atoms with van der Waals surface area (Å²) in [5.74, 6) is -0.885. The Morgan fingerprint density at radius 3 is 2.43 bits per heavy atom. The van der Waals surface area contributed by atoms with Crippen molar-refractivity contribution in [3.63, 3.8) is 0 Å². The number of hydrogen-bond donors (Lipinski definition) is 3. The summed E-state index contributed by atoms with van der Waals surface area (Å²) >= 11 is 0. The van der Waals surface area contributed by atoms with Crippen LogP contribution >= 0.6 is 0 Å². The number of carbonyl (C=O) groups excluding carboxylic acids is 2. The second-order valence-corrected chi connectivity index (χ2v) is 9.42. The normalized spacial score (nSPS) is 12.1. The number of carbonyl (C=O) groups is 2. The minimum absolute atomic E-state index is 0.00521. The molecule has 3 N–H and O–H groups in total. The van der Waals surface area contributed by atoms with E-state index in [-0.39, 0.29) is 42.7 Å². The zero-order valence-corrected chi connectivity index (χ0v) is 21.2. The molecule has 2 amide bonds. The summed E-state index contributed by atoms with van der Waals surface area (Å²) < 4.78 is 15.3. The molecule has 8 heteroatoms. The van der Waals surface area contributed by atoms with Gasteiger partial charge in [0, 0.05) is 35.4 Å². The Morgan fingerprint density at radius 1 is 1.03 bits per heavy atom. The zero-order chi connectivity index (χ0) is 26.5. The number of fused-ring (bicyclic) bond motifs is 1. The maximum atomic E-state index is 13.6. The van der Waals surface area contributed by atoms with Gasteiger partial charge in [-0.15, -0.1) is 0 Å². The van der Waals surface area contributed by atoms with Crippen LogP contribution in [0.1, 0.15) is 64.4 Å². The van der Waals surface area contributed by atoms with Gasteiger partial charge in [0.1, 0.15) is 5.82 Å². The third-order valence-electron chi connectivity index (χ3n) is 6.20. The minimum Gasteiger partial charge on any atom is -0.394 e. The fourth-order valence-electron chi connectivity index (χ4n) is 4.40. The molecule has 4 rings (SSSR count). The second kappa shape index (κ2) is 11.3. The molecular weight excluding hydrogens is 471 g/mol. The number of aliphatic hydroxyl groups is 1. The molecule has 0 fully saturated rings. The highest BCUT2D eigenvalue weighted by Gasteiger charge is 2.25. The lowest BCUT2D eigenvalue weighted by atomic mass is 10.0. The molecule has 0 aliphatic heterocycles. The van der Waals surface area contributed by atoms with E-state index in [1.54, 1.807) is 43.5 Å². The van der Waals surface area contributed by atoms with Gasteiger partial charge in [-0.25, -0.2) is 4.39 Å². The van der Waals surface area contributed by atoms with Gasteiger partial charge in [0.25, 0.3) is 11.8 Å². The van der Waals surface area contributed by atoms with E-state index in [4.69, 9.17) is 0 Å². The molecule has 0 saturated heterocycles. The minimum atomic E-state index is -0.387. The maximum absolute atomic E-state index is 13.6. The van der Waals surface area contributed by atoms with Gasteiger partial charge < -0.3 is 20.3 Å². The molecule has 37 heavy (non-hydrogen) atoms. The van der Waals surface area contributed by atoms with Crippen molar-refractivity contribution in [2.75, 3.05) is 6.61 Å². The molecule has 2 aromatic heterocycles. The molecule has 192 valence electrons. The number of nitrogens with one attached hydrogen (secondary N) is 2. The van der Waals surface area contributed by atoms with Crippen LogP contribution in [-0.2, 0) is 13.1 Å². The number of nitrogens with zero attached hydrogens (tertiary/aromatic N) is 2. The van der Waals surface area contributed by atoms with Gasteiger partial charge in [0.2, 0.25) is 0 Å². The average Bonchev–Trinajstić information content (AvgIpc) is 3.22. The topological polar surface area (TPSA) is 96.3 Å². The smallest absolute Gasteiger partial charge is 0.254 e. The van der Waals surface area contributed by atoms with Crippen LogP contribution < -0.4 is 10.6 Å². The molecule has 0 radical (unpaired) electrons. The summed E-state index contributed by atoms with van der Waals surface area (Å²) in [6, 6.07) is 16.6. The summed E-state index contributed by atoms with van der Waals surface area (Å²) in [6.45, 7) is 6.28. The summed E-state index contributed by atoms with van der Waals surface area (Å²) in [6.07, 6.45) is 1.72. The van der Waals surface area contributed by atoms with E-state index >= 15 is 0 Å². The van der Waals surface area contributed by atoms with Gasteiger partial charge in [-0.3, -0.25) is 14.6 Å². The molecule has 0 aliphatic carbocycles. The van der Waals surface area contributed by atoms with Crippen LogP contribution in [0, 0.1) is 5.82 Å². The van der Waals surface area contributed by atoms with E-state index in [9.17, 15) is 19.1 Å². The lowest BCUT2D eigenvalue weighted by Gasteiger charge is -2.15. The van der Waals surface area contributed by atoms with E-state index in [2.05, 4.69) is 15.6 Å². The number of aromatic nitrogens is 2. The third kappa shape index (κ3) is 5.86. The second-order valence-electron chi connectivity index (χ2n) is 9.42. The Balaban J connectivity index is 1.80. The predicted molar refractivity (Wildman–Crippen MR) is 141 cm³/mol. The van der Waals surface area contributed by atoms with Crippen LogP contribution in [0.15, 0.2) is 66.9 Å². The summed E-state index contributed by atoms with van der Waals surface area (Å²) in [4.78, 5) is 30.9. The Bertz CT molecular complexity index is 1400. The van der Waals surface area contributed by atoms with E-state index < -0.39 is 0 Å². The highest BCUT2D eigenvalue weighted by molar-refractivity contribution is 6.10. The number of pyridine rings is 1. The zero-order valence-electron chi connectivity index (χ0n) is 21.2. The van der Waals surface area contributed by atoms with Gasteiger partial charge >= 0.3 is 0 Å². The molecular formula is C29H31FN4O3. The first-order valence-electron chi connectivity index (χ1n) is 12.3. The molecule has 0 saturated carbocycles. The Morgan fingerprint density at radius 2 is 1.78 bits per heavy atom. The molecule has 0 bridgehead atoms. The first-order chi connectivity index (χ1) is 17.8. The van der Waals surface area contributed by atoms with Crippen molar-refractivity contribution in [2.45, 2.75) is 45.8 Å². The molecule has 2 heterocycles. The average molecular weight is 503 g/mol. The van der Waals surface area contributed by atoms with Gasteiger partial charge in [0.15, 0.2) is 0 Å². The first-order valence-corrected chi connectivity index (χ1v) is 12.3. The summed E-state index contributed by atoms with van der Waals surface area (Å²) in [5.41, 5.74) is 4.15. The van der Waals surface area contributed by atoms with E-state index in [1.165, 1.54) is 12.1 Å². The predicted octanol–water partition coefficient (Wildman–Crippen LogP) is 4.39.